The molecular weight excluding hydrogens is 272 g/mol. The highest BCUT2D eigenvalue weighted by atomic mass is 16.5. The Morgan fingerprint density at radius 3 is 2.38 bits per heavy atom. The molecule has 6 heteroatoms. The number of hydrogen-bond donors (Lipinski definition) is 1. The topological polar surface area (TPSA) is 60.0 Å². The lowest BCUT2D eigenvalue weighted by Crippen LogP contribution is -2.43. The Hall–Kier alpha value is -1.79. The molecule has 0 heterocycles. The van der Waals surface area contributed by atoms with Gasteiger partial charge in [-0.15, -0.1) is 0 Å². The summed E-state index contributed by atoms with van der Waals surface area (Å²) in [6, 6.07) is 7.47. The van der Waals surface area contributed by atoms with Gasteiger partial charge in [0.05, 0.1) is 20.3 Å². The van der Waals surface area contributed by atoms with Crippen molar-refractivity contribution in [2.45, 2.75) is 6.54 Å². The van der Waals surface area contributed by atoms with Crippen LogP contribution in [0.5, 0.6) is 5.75 Å². The predicted octanol–water partition coefficient (Wildman–Crippen LogP) is 1.50. The van der Waals surface area contributed by atoms with Crippen molar-refractivity contribution in [3.05, 3.63) is 29.8 Å². The first-order valence-electron chi connectivity index (χ1n) is 6.84. The van der Waals surface area contributed by atoms with Gasteiger partial charge in [-0.05, 0) is 17.7 Å². The van der Waals surface area contributed by atoms with Crippen molar-refractivity contribution in [1.29, 1.82) is 0 Å². The lowest BCUT2D eigenvalue weighted by Gasteiger charge is -2.22. The Labute approximate surface area is 126 Å². The standard InChI is InChI=1S/C15H24N2O4/c1-19-9-7-17(8-10-20-2)15(18)16-12-13-5-4-6-14(11-13)21-3/h4-6,11H,7-10,12H2,1-3H3,(H,16,18). The number of benzene rings is 1. The fourth-order valence-electron chi connectivity index (χ4n) is 1.79. The zero-order chi connectivity index (χ0) is 15.5. The van der Waals surface area contributed by atoms with Gasteiger partial charge in [0.2, 0.25) is 0 Å². The van der Waals surface area contributed by atoms with E-state index in [9.17, 15) is 4.79 Å². The summed E-state index contributed by atoms with van der Waals surface area (Å²) in [4.78, 5) is 13.8. The van der Waals surface area contributed by atoms with Crippen LogP contribution >= 0.6 is 0 Å². The molecule has 0 aliphatic heterocycles. The Bertz CT molecular complexity index is 418. The Balaban J connectivity index is 2.50. The maximum absolute atomic E-state index is 12.2. The molecular formula is C15H24N2O4. The van der Waals surface area contributed by atoms with E-state index in [0.29, 0.717) is 32.8 Å². The summed E-state index contributed by atoms with van der Waals surface area (Å²) in [5.41, 5.74) is 0.987. The van der Waals surface area contributed by atoms with Crippen LogP contribution in [0, 0.1) is 0 Å². The van der Waals surface area contributed by atoms with Crippen LogP contribution in [-0.4, -0.2) is 58.6 Å². The van der Waals surface area contributed by atoms with Gasteiger partial charge in [0, 0.05) is 33.9 Å². The second kappa shape index (κ2) is 10.0. The van der Waals surface area contributed by atoms with Crippen LogP contribution in [0.4, 0.5) is 4.79 Å². The molecule has 2 amide bonds. The minimum atomic E-state index is -0.132. The highest BCUT2D eigenvalue weighted by molar-refractivity contribution is 5.74. The van der Waals surface area contributed by atoms with Crippen molar-refractivity contribution in [3.63, 3.8) is 0 Å². The summed E-state index contributed by atoms with van der Waals surface area (Å²) < 4.78 is 15.2. The summed E-state index contributed by atoms with van der Waals surface area (Å²) >= 11 is 0. The quantitative estimate of drug-likeness (QED) is 0.750. The maximum Gasteiger partial charge on any atom is 0.317 e. The van der Waals surface area contributed by atoms with E-state index >= 15 is 0 Å². The molecule has 118 valence electrons. The number of carbonyl (C=O) groups is 1. The van der Waals surface area contributed by atoms with Crippen molar-refractivity contribution in [2.24, 2.45) is 0 Å². The second-order valence-electron chi connectivity index (χ2n) is 4.48. The van der Waals surface area contributed by atoms with Crippen molar-refractivity contribution < 1.29 is 19.0 Å². The molecule has 0 saturated carbocycles. The Morgan fingerprint density at radius 1 is 1.14 bits per heavy atom. The monoisotopic (exact) mass is 296 g/mol. The normalized spacial score (nSPS) is 10.2. The van der Waals surface area contributed by atoms with Crippen molar-refractivity contribution in [3.8, 4) is 5.75 Å². The van der Waals surface area contributed by atoms with Crippen molar-refractivity contribution >= 4 is 6.03 Å². The Kier molecular flexibility index (Phi) is 8.23. The van der Waals surface area contributed by atoms with Crippen LogP contribution in [0.1, 0.15) is 5.56 Å². The minimum Gasteiger partial charge on any atom is -0.497 e. The number of ether oxygens (including phenoxy) is 3. The molecule has 0 atom stereocenters. The number of nitrogens with one attached hydrogen (secondary N) is 1. The van der Waals surface area contributed by atoms with E-state index < -0.39 is 0 Å². The fourth-order valence-corrected chi connectivity index (χ4v) is 1.79. The average molecular weight is 296 g/mol. The molecule has 1 aromatic carbocycles. The van der Waals surface area contributed by atoms with Crippen LogP contribution in [0.25, 0.3) is 0 Å². The molecule has 1 N–H and O–H groups in total. The summed E-state index contributed by atoms with van der Waals surface area (Å²) in [5.74, 6) is 0.775. The largest absolute Gasteiger partial charge is 0.497 e. The summed E-state index contributed by atoms with van der Waals surface area (Å²) in [6.45, 7) is 2.51. The second-order valence-corrected chi connectivity index (χ2v) is 4.48. The molecule has 0 saturated heterocycles. The van der Waals surface area contributed by atoms with E-state index in [-0.39, 0.29) is 6.03 Å². The van der Waals surface area contributed by atoms with Crippen LogP contribution in [-0.2, 0) is 16.0 Å². The summed E-state index contributed by atoms with van der Waals surface area (Å²) in [5, 5.41) is 2.89. The van der Waals surface area contributed by atoms with E-state index in [2.05, 4.69) is 5.32 Å². The number of hydrogen-bond acceptors (Lipinski definition) is 4. The zero-order valence-corrected chi connectivity index (χ0v) is 12.9. The highest BCUT2D eigenvalue weighted by Gasteiger charge is 2.12. The van der Waals surface area contributed by atoms with Gasteiger partial charge in [-0.3, -0.25) is 0 Å². The Morgan fingerprint density at radius 2 is 1.81 bits per heavy atom. The highest BCUT2D eigenvalue weighted by Crippen LogP contribution is 2.12. The van der Waals surface area contributed by atoms with Gasteiger partial charge in [-0.25, -0.2) is 4.79 Å². The van der Waals surface area contributed by atoms with Gasteiger partial charge in [-0.1, -0.05) is 12.1 Å². The van der Waals surface area contributed by atoms with Crippen LogP contribution in [0.2, 0.25) is 0 Å². The number of amides is 2. The first-order chi connectivity index (χ1) is 10.2. The SMILES string of the molecule is COCCN(CCOC)C(=O)NCc1cccc(OC)c1. The van der Waals surface area contributed by atoms with Gasteiger partial charge in [0.1, 0.15) is 5.75 Å². The van der Waals surface area contributed by atoms with Gasteiger partial charge >= 0.3 is 6.03 Å². The lowest BCUT2D eigenvalue weighted by molar-refractivity contribution is 0.122. The van der Waals surface area contributed by atoms with E-state index in [1.165, 1.54) is 0 Å². The third-order valence-electron chi connectivity index (χ3n) is 3.00. The van der Waals surface area contributed by atoms with Crippen LogP contribution in [0.15, 0.2) is 24.3 Å². The van der Waals surface area contributed by atoms with E-state index in [4.69, 9.17) is 14.2 Å². The molecule has 0 aliphatic carbocycles. The predicted molar refractivity (Wildman–Crippen MR) is 80.6 cm³/mol. The number of urea groups is 1. The molecule has 0 aromatic heterocycles. The third kappa shape index (κ3) is 6.46. The molecule has 6 nitrogen and oxygen atoms in total. The summed E-state index contributed by atoms with van der Waals surface area (Å²) in [6.07, 6.45) is 0. The molecule has 1 rings (SSSR count). The van der Waals surface area contributed by atoms with Gasteiger partial charge in [0.15, 0.2) is 0 Å². The fraction of sp³-hybridized carbons (Fsp3) is 0.533. The molecule has 21 heavy (non-hydrogen) atoms. The van der Waals surface area contributed by atoms with Crippen LogP contribution in [0.3, 0.4) is 0 Å². The minimum absolute atomic E-state index is 0.132. The smallest absolute Gasteiger partial charge is 0.317 e. The van der Waals surface area contributed by atoms with E-state index in [0.717, 1.165) is 11.3 Å². The summed E-state index contributed by atoms with van der Waals surface area (Å²) in [7, 11) is 4.85. The molecule has 0 bridgehead atoms. The zero-order valence-electron chi connectivity index (χ0n) is 12.9. The maximum atomic E-state index is 12.2. The van der Waals surface area contributed by atoms with E-state index in [1.54, 1.807) is 26.2 Å². The number of nitrogens with zero attached hydrogens (tertiary/aromatic N) is 1. The first kappa shape index (κ1) is 17.3. The molecule has 0 aliphatic rings. The van der Waals surface area contributed by atoms with E-state index in [1.807, 2.05) is 24.3 Å². The molecule has 0 unspecified atom stereocenters. The molecule has 0 radical (unpaired) electrons. The molecule has 0 fully saturated rings. The number of carbonyl (C=O) groups excluding carboxylic acids is 1. The average Bonchev–Trinajstić information content (AvgIpc) is 2.53. The van der Waals surface area contributed by atoms with Crippen LogP contribution < -0.4 is 10.1 Å². The van der Waals surface area contributed by atoms with Gasteiger partial charge in [-0.2, -0.15) is 0 Å². The van der Waals surface area contributed by atoms with Crippen molar-refractivity contribution in [2.75, 3.05) is 47.6 Å². The molecule has 1 aromatic rings. The number of rotatable bonds is 9. The van der Waals surface area contributed by atoms with Gasteiger partial charge < -0.3 is 24.4 Å². The number of methoxy groups -OCH3 is 3. The molecule has 0 spiro atoms. The first-order valence-corrected chi connectivity index (χ1v) is 6.84. The lowest BCUT2D eigenvalue weighted by atomic mass is 10.2. The van der Waals surface area contributed by atoms with Gasteiger partial charge in [0.25, 0.3) is 0 Å². The van der Waals surface area contributed by atoms with Crippen molar-refractivity contribution in [1.82, 2.24) is 10.2 Å². The third-order valence-corrected chi connectivity index (χ3v) is 3.00.